The zero-order chi connectivity index (χ0) is 12.0. The van der Waals surface area contributed by atoms with Gasteiger partial charge in [-0.3, -0.25) is 0 Å². The first-order valence-corrected chi connectivity index (χ1v) is 6.05. The molecule has 1 aromatic carbocycles. The number of methoxy groups -OCH3 is 1. The van der Waals surface area contributed by atoms with Crippen LogP contribution in [0.3, 0.4) is 0 Å². The van der Waals surface area contributed by atoms with Gasteiger partial charge >= 0.3 is 0 Å². The number of ether oxygens (including phenoxy) is 1. The monoisotopic (exact) mass is 241 g/mol. The first kappa shape index (κ1) is 13.5. The molecule has 0 aliphatic heterocycles. The highest BCUT2D eigenvalue weighted by molar-refractivity contribution is 6.30. The van der Waals surface area contributed by atoms with Crippen LogP contribution < -0.4 is 5.32 Å². The lowest BCUT2D eigenvalue weighted by molar-refractivity contribution is 0.0836. The van der Waals surface area contributed by atoms with Crippen LogP contribution in [0.4, 0.5) is 0 Å². The fraction of sp³-hybridized carbons (Fsp3) is 0.538. The molecular formula is C13H20ClNO. The number of halogens is 1. The maximum absolute atomic E-state index is 5.86. The van der Waals surface area contributed by atoms with Gasteiger partial charge in [0.2, 0.25) is 0 Å². The van der Waals surface area contributed by atoms with Crippen LogP contribution in [0.15, 0.2) is 24.3 Å². The third kappa shape index (κ3) is 4.12. The molecule has 0 saturated carbocycles. The highest BCUT2D eigenvalue weighted by Gasteiger charge is 2.15. The Labute approximate surface area is 103 Å². The van der Waals surface area contributed by atoms with Crippen molar-refractivity contribution in [3.05, 3.63) is 34.9 Å². The van der Waals surface area contributed by atoms with E-state index in [-0.39, 0.29) is 6.10 Å². The van der Waals surface area contributed by atoms with Crippen molar-refractivity contribution in [3.63, 3.8) is 0 Å². The van der Waals surface area contributed by atoms with Crippen LogP contribution in [0.5, 0.6) is 0 Å². The van der Waals surface area contributed by atoms with Gasteiger partial charge in [-0.2, -0.15) is 0 Å². The Hall–Kier alpha value is -0.570. The second kappa shape index (κ2) is 6.89. The lowest BCUT2D eigenvalue weighted by Crippen LogP contribution is -2.40. The summed E-state index contributed by atoms with van der Waals surface area (Å²) in [6, 6.07) is 8.33. The zero-order valence-electron chi connectivity index (χ0n) is 10.2. The van der Waals surface area contributed by atoms with E-state index in [1.54, 1.807) is 7.11 Å². The lowest BCUT2D eigenvalue weighted by Gasteiger charge is -2.23. The molecule has 1 aromatic rings. The first-order chi connectivity index (χ1) is 7.67. The maximum Gasteiger partial charge on any atom is 0.0699 e. The van der Waals surface area contributed by atoms with Gasteiger partial charge in [0, 0.05) is 18.2 Å². The maximum atomic E-state index is 5.86. The molecule has 16 heavy (non-hydrogen) atoms. The number of hydrogen-bond acceptors (Lipinski definition) is 2. The van der Waals surface area contributed by atoms with Crippen molar-refractivity contribution in [2.45, 2.75) is 32.4 Å². The van der Waals surface area contributed by atoms with Gasteiger partial charge in [0.05, 0.1) is 6.10 Å². The minimum atomic E-state index is 0.204. The zero-order valence-corrected chi connectivity index (χ0v) is 10.9. The van der Waals surface area contributed by atoms with Gasteiger partial charge < -0.3 is 10.1 Å². The van der Waals surface area contributed by atoms with Gasteiger partial charge in [-0.15, -0.1) is 0 Å². The van der Waals surface area contributed by atoms with E-state index in [2.05, 4.69) is 31.3 Å². The molecule has 0 aliphatic carbocycles. The van der Waals surface area contributed by atoms with Gasteiger partial charge in [0.1, 0.15) is 0 Å². The van der Waals surface area contributed by atoms with Gasteiger partial charge in [-0.05, 0) is 37.6 Å². The van der Waals surface area contributed by atoms with Crippen LogP contribution in [0.1, 0.15) is 19.4 Å². The third-order valence-electron chi connectivity index (χ3n) is 2.77. The summed E-state index contributed by atoms with van der Waals surface area (Å²) in [4.78, 5) is 0. The second-order valence-electron chi connectivity index (χ2n) is 3.94. The molecule has 0 aliphatic rings. The smallest absolute Gasteiger partial charge is 0.0699 e. The molecule has 1 rings (SSSR count). The average molecular weight is 242 g/mol. The minimum absolute atomic E-state index is 0.204. The van der Waals surface area contributed by atoms with Crippen molar-refractivity contribution in [3.8, 4) is 0 Å². The summed E-state index contributed by atoms with van der Waals surface area (Å²) in [7, 11) is 1.75. The van der Waals surface area contributed by atoms with Crippen LogP contribution in [-0.4, -0.2) is 25.8 Å². The summed E-state index contributed by atoms with van der Waals surface area (Å²) >= 11 is 5.86. The largest absolute Gasteiger partial charge is 0.380 e. The Bertz CT molecular complexity index is 299. The van der Waals surface area contributed by atoms with Crippen LogP contribution in [0.25, 0.3) is 0 Å². The molecule has 3 heteroatoms. The Morgan fingerprint density at radius 3 is 2.44 bits per heavy atom. The average Bonchev–Trinajstić information content (AvgIpc) is 2.30. The van der Waals surface area contributed by atoms with E-state index in [4.69, 9.17) is 16.3 Å². The van der Waals surface area contributed by atoms with E-state index in [9.17, 15) is 0 Å². The van der Waals surface area contributed by atoms with Gasteiger partial charge in [-0.1, -0.05) is 30.7 Å². The molecule has 2 atom stereocenters. The van der Waals surface area contributed by atoms with Crippen LogP contribution >= 0.6 is 11.6 Å². The molecule has 0 radical (unpaired) electrons. The van der Waals surface area contributed by atoms with E-state index in [0.29, 0.717) is 6.04 Å². The Morgan fingerprint density at radius 1 is 1.31 bits per heavy atom. The predicted molar refractivity (Wildman–Crippen MR) is 69.1 cm³/mol. The standard InChI is InChI=1S/C13H20ClNO/c1-4-15-13(10(2)16-3)9-11-5-7-12(14)8-6-11/h5-8,10,13,15H,4,9H2,1-3H3. The Kier molecular flexibility index (Phi) is 5.81. The van der Waals surface area contributed by atoms with Crippen LogP contribution in [0, 0.1) is 0 Å². The van der Waals surface area contributed by atoms with Gasteiger partial charge in [0.25, 0.3) is 0 Å². The molecular weight excluding hydrogens is 222 g/mol. The molecule has 90 valence electrons. The molecule has 0 bridgehead atoms. The molecule has 2 unspecified atom stereocenters. The number of nitrogens with one attached hydrogen (secondary N) is 1. The molecule has 1 N–H and O–H groups in total. The van der Waals surface area contributed by atoms with E-state index in [1.165, 1.54) is 5.56 Å². The molecule has 0 spiro atoms. The van der Waals surface area contributed by atoms with E-state index in [1.807, 2.05) is 12.1 Å². The Morgan fingerprint density at radius 2 is 1.94 bits per heavy atom. The lowest BCUT2D eigenvalue weighted by atomic mass is 10.0. The Balaban J connectivity index is 2.63. The van der Waals surface area contributed by atoms with Gasteiger partial charge in [0.15, 0.2) is 0 Å². The summed E-state index contributed by atoms with van der Waals surface area (Å²) in [5, 5.41) is 4.22. The third-order valence-corrected chi connectivity index (χ3v) is 3.03. The van der Waals surface area contributed by atoms with Crippen LogP contribution in [0.2, 0.25) is 5.02 Å². The summed E-state index contributed by atoms with van der Waals surface area (Å²) in [5.41, 5.74) is 1.28. The van der Waals surface area contributed by atoms with Crippen molar-refractivity contribution in [2.24, 2.45) is 0 Å². The van der Waals surface area contributed by atoms with Crippen molar-refractivity contribution >= 4 is 11.6 Å². The normalized spacial score (nSPS) is 14.8. The molecule has 0 heterocycles. The summed E-state index contributed by atoms with van der Waals surface area (Å²) in [6.45, 7) is 5.15. The minimum Gasteiger partial charge on any atom is -0.380 e. The molecule has 0 aromatic heterocycles. The fourth-order valence-corrected chi connectivity index (χ4v) is 1.83. The van der Waals surface area contributed by atoms with E-state index < -0.39 is 0 Å². The number of likely N-dealkylation sites (N-methyl/N-ethyl adjacent to an activating group) is 1. The predicted octanol–water partition coefficient (Wildman–Crippen LogP) is 2.90. The van der Waals surface area contributed by atoms with E-state index >= 15 is 0 Å². The summed E-state index contributed by atoms with van der Waals surface area (Å²) in [6.07, 6.45) is 1.16. The van der Waals surface area contributed by atoms with Crippen LogP contribution in [-0.2, 0) is 11.2 Å². The van der Waals surface area contributed by atoms with Crippen molar-refractivity contribution < 1.29 is 4.74 Å². The van der Waals surface area contributed by atoms with Gasteiger partial charge in [-0.25, -0.2) is 0 Å². The summed E-state index contributed by atoms with van der Waals surface area (Å²) in [5.74, 6) is 0. The van der Waals surface area contributed by atoms with Crippen molar-refractivity contribution in [1.82, 2.24) is 5.32 Å². The second-order valence-corrected chi connectivity index (χ2v) is 4.37. The van der Waals surface area contributed by atoms with E-state index in [0.717, 1.165) is 18.0 Å². The first-order valence-electron chi connectivity index (χ1n) is 5.68. The molecule has 2 nitrogen and oxygen atoms in total. The van der Waals surface area contributed by atoms with Crippen molar-refractivity contribution in [2.75, 3.05) is 13.7 Å². The number of hydrogen-bond donors (Lipinski definition) is 1. The number of rotatable bonds is 6. The molecule has 0 saturated heterocycles. The quantitative estimate of drug-likeness (QED) is 0.827. The molecule has 0 amide bonds. The highest BCUT2D eigenvalue weighted by atomic mass is 35.5. The molecule has 0 fully saturated rings. The number of benzene rings is 1. The fourth-order valence-electron chi connectivity index (χ4n) is 1.70. The highest BCUT2D eigenvalue weighted by Crippen LogP contribution is 2.12. The summed E-state index contributed by atoms with van der Waals surface area (Å²) < 4.78 is 5.37. The van der Waals surface area contributed by atoms with Crippen molar-refractivity contribution in [1.29, 1.82) is 0 Å². The topological polar surface area (TPSA) is 21.3 Å². The SMILES string of the molecule is CCNC(Cc1ccc(Cl)cc1)C(C)OC.